The first-order valence-corrected chi connectivity index (χ1v) is 6.57. The molecule has 3 rings (SSSR count). The van der Waals surface area contributed by atoms with Crippen LogP contribution in [0.5, 0.6) is 0 Å². The second-order valence-electron chi connectivity index (χ2n) is 4.21. The lowest BCUT2D eigenvalue weighted by Gasteiger charge is -2.04. The van der Waals surface area contributed by atoms with Crippen molar-refractivity contribution in [3.8, 4) is 0 Å². The lowest BCUT2D eigenvalue weighted by atomic mass is 10.0. The van der Waals surface area contributed by atoms with Crippen molar-refractivity contribution in [3.05, 3.63) is 70.8 Å². The third-order valence-corrected chi connectivity index (χ3v) is 3.28. The predicted molar refractivity (Wildman–Crippen MR) is 74.4 cm³/mol. The first kappa shape index (κ1) is 11.9. The molecule has 0 heteroatoms. The fraction of sp³-hybridized carbons (Fsp3) is 0.294. The first-order chi connectivity index (χ1) is 8.43. The van der Waals surface area contributed by atoms with E-state index in [1.165, 1.54) is 35.1 Å². The number of benzene rings is 2. The number of hydrogen-bond donors (Lipinski definition) is 0. The van der Waals surface area contributed by atoms with Crippen LogP contribution in [-0.4, -0.2) is 0 Å². The third-order valence-electron chi connectivity index (χ3n) is 3.28. The number of rotatable bonds is 0. The van der Waals surface area contributed by atoms with Crippen molar-refractivity contribution >= 4 is 0 Å². The molecule has 1 aliphatic carbocycles. The molecular formula is C17H20. The van der Waals surface area contributed by atoms with Gasteiger partial charge in [-0.2, -0.15) is 0 Å². The zero-order valence-electron chi connectivity index (χ0n) is 10.7. The summed E-state index contributed by atoms with van der Waals surface area (Å²) in [5.41, 5.74) is 6.05. The topological polar surface area (TPSA) is 0 Å². The lowest BCUT2D eigenvalue weighted by Crippen LogP contribution is -1.90. The van der Waals surface area contributed by atoms with Gasteiger partial charge in [0.1, 0.15) is 0 Å². The zero-order chi connectivity index (χ0) is 12.1. The molecule has 0 radical (unpaired) electrons. The summed E-state index contributed by atoms with van der Waals surface area (Å²) in [7, 11) is 0. The van der Waals surface area contributed by atoms with Gasteiger partial charge in [0.15, 0.2) is 0 Å². The van der Waals surface area contributed by atoms with E-state index in [0.29, 0.717) is 0 Å². The molecule has 0 nitrogen and oxygen atoms in total. The van der Waals surface area contributed by atoms with Crippen LogP contribution in [0.15, 0.2) is 48.5 Å². The Morgan fingerprint density at radius 2 is 0.941 bits per heavy atom. The first-order valence-electron chi connectivity index (χ1n) is 6.57. The Balaban J connectivity index is 0.000000514. The monoisotopic (exact) mass is 224 g/mol. The molecule has 0 bridgehead atoms. The molecule has 2 aromatic carbocycles. The Bertz CT molecular complexity index is 437. The molecule has 0 aromatic heterocycles. The highest BCUT2D eigenvalue weighted by Crippen LogP contribution is 2.23. The van der Waals surface area contributed by atoms with Gasteiger partial charge < -0.3 is 0 Å². The molecule has 88 valence electrons. The van der Waals surface area contributed by atoms with Crippen LogP contribution < -0.4 is 0 Å². The second-order valence-corrected chi connectivity index (χ2v) is 4.21. The molecule has 0 saturated heterocycles. The number of fused-ring (bicyclic) bond motifs is 2. The van der Waals surface area contributed by atoms with Crippen molar-refractivity contribution in [2.75, 3.05) is 0 Å². The zero-order valence-corrected chi connectivity index (χ0v) is 10.7. The van der Waals surface area contributed by atoms with Gasteiger partial charge in [-0.05, 0) is 41.5 Å². The molecule has 0 amide bonds. The van der Waals surface area contributed by atoms with Gasteiger partial charge in [-0.15, -0.1) is 0 Å². The molecular weight excluding hydrogens is 204 g/mol. The van der Waals surface area contributed by atoms with Gasteiger partial charge in [0.25, 0.3) is 0 Å². The van der Waals surface area contributed by atoms with Gasteiger partial charge in [-0.3, -0.25) is 0 Å². The molecule has 0 spiro atoms. The van der Waals surface area contributed by atoms with Crippen molar-refractivity contribution in [2.45, 2.75) is 33.1 Å². The summed E-state index contributed by atoms with van der Waals surface area (Å²) in [4.78, 5) is 0. The van der Waals surface area contributed by atoms with Crippen molar-refractivity contribution in [3.63, 3.8) is 0 Å². The van der Waals surface area contributed by atoms with Crippen LogP contribution in [0.25, 0.3) is 0 Å². The van der Waals surface area contributed by atoms with Crippen LogP contribution in [0.3, 0.4) is 0 Å². The molecule has 0 unspecified atom stereocenters. The highest BCUT2D eigenvalue weighted by molar-refractivity contribution is 5.40. The average Bonchev–Trinajstić information content (AvgIpc) is 2.60. The summed E-state index contributed by atoms with van der Waals surface area (Å²) in [5.74, 6) is 0. The predicted octanol–water partition coefficient (Wildman–Crippen LogP) is 4.40. The Labute approximate surface area is 104 Å². The SMILES string of the molecule is CC.c1ccc2c(c1)CCc1ccccc1C2. The summed E-state index contributed by atoms with van der Waals surface area (Å²) in [6.07, 6.45) is 3.48. The smallest absolute Gasteiger partial charge is 0.00203 e. The molecule has 2 aromatic rings. The molecule has 0 heterocycles. The van der Waals surface area contributed by atoms with Crippen LogP contribution in [0.1, 0.15) is 36.1 Å². The Kier molecular flexibility index (Phi) is 3.98. The van der Waals surface area contributed by atoms with Gasteiger partial charge >= 0.3 is 0 Å². The Hall–Kier alpha value is -1.56. The van der Waals surface area contributed by atoms with Crippen molar-refractivity contribution in [1.82, 2.24) is 0 Å². The van der Waals surface area contributed by atoms with E-state index in [0.717, 1.165) is 6.42 Å². The van der Waals surface area contributed by atoms with E-state index in [4.69, 9.17) is 0 Å². The average molecular weight is 224 g/mol. The maximum Gasteiger partial charge on any atom is -0.00203 e. The van der Waals surface area contributed by atoms with E-state index in [9.17, 15) is 0 Å². The van der Waals surface area contributed by atoms with Crippen LogP contribution in [-0.2, 0) is 19.3 Å². The van der Waals surface area contributed by atoms with E-state index in [1.807, 2.05) is 13.8 Å². The highest BCUT2D eigenvalue weighted by Gasteiger charge is 2.11. The Morgan fingerprint density at radius 3 is 1.35 bits per heavy atom. The van der Waals surface area contributed by atoms with Gasteiger partial charge in [0, 0.05) is 0 Å². The lowest BCUT2D eigenvalue weighted by molar-refractivity contribution is 0.965. The molecule has 0 saturated carbocycles. The normalized spacial score (nSPS) is 12.6. The maximum atomic E-state index is 2.27. The Morgan fingerprint density at radius 1 is 0.588 bits per heavy atom. The van der Waals surface area contributed by atoms with Crippen LogP contribution in [0, 0.1) is 0 Å². The molecule has 0 atom stereocenters. The fourth-order valence-electron chi connectivity index (χ4n) is 2.42. The summed E-state index contributed by atoms with van der Waals surface area (Å²) < 4.78 is 0. The largest absolute Gasteiger partial charge is 0.0683 e. The van der Waals surface area contributed by atoms with Gasteiger partial charge in [-0.1, -0.05) is 62.4 Å². The standard InChI is InChI=1S/C15H14.C2H6/c1-3-7-14-11-15-8-4-2-6-13(15)10-9-12(14)5-1;1-2/h1-8H,9-11H2;1-2H3. The van der Waals surface area contributed by atoms with Crippen molar-refractivity contribution < 1.29 is 0 Å². The number of hydrogen-bond acceptors (Lipinski definition) is 0. The van der Waals surface area contributed by atoms with Crippen LogP contribution in [0.2, 0.25) is 0 Å². The summed E-state index contributed by atoms with van der Waals surface area (Å²) >= 11 is 0. The summed E-state index contributed by atoms with van der Waals surface area (Å²) in [5, 5.41) is 0. The highest BCUT2D eigenvalue weighted by atomic mass is 14.2. The van der Waals surface area contributed by atoms with E-state index < -0.39 is 0 Å². The van der Waals surface area contributed by atoms with E-state index in [2.05, 4.69) is 48.5 Å². The fourth-order valence-corrected chi connectivity index (χ4v) is 2.42. The summed E-state index contributed by atoms with van der Waals surface area (Å²) in [6, 6.07) is 17.6. The minimum absolute atomic E-state index is 1.10. The van der Waals surface area contributed by atoms with Crippen molar-refractivity contribution in [2.24, 2.45) is 0 Å². The van der Waals surface area contributed by atoms with E-state index >= 15 is 0 Å². The minimum Gasteiger partial charge on any atom is -0.0683 e. The molecule has 17 heavy (non-hydrogen) atoms. The quantitative estimate of drug-likeness (QED) is 0.622. The molecule has 0 N–H and O–H groups in total. The molecule has 1 aliphatic rings. The van der Waals surface area contributed by atoms with E-state index in [-0.39, 0.29) is 0 Å². The van der Waals surface area contributed by atoms with E-state index in [1.54, 1.807) is 0 Å². The minimum atomic E-state index is 1.10. The maximum absolute atomic E-state index is 2.27. The third kappa shape index (κ3) is 2.58. The van der Waals surface area contributed by atoms with Gasteiger partial charge in [0.2, 0.25) is 0 Å². The van der Waals surface area contributed by atoms with Crippen LogP contribution in [0.4, 0.5) is 0 Å². The summed E-state index contributed by atoms with van der Waals surface area (Å²) in [6.45, 7) is 4.00. The van der Waals surface area contributed by atoms with Crippen LogP contribution >= 0.6 is 0 Å². The van der Waals surface area contributed by atoms with Crippen molar-refractivity contribution in [1.29, 1.82) is 0 Å². The molecule has 0 fully saturated rings. The number of aryl methyl sites for hydroxylation is 2. The van der Waals surface area contributed by atoms with Gasteiger partial charge in [-0.25, -0.2) is 0 Å². The molecule has 0 aliphatic heterocycles. The second kappa shape index (κ2) is 5.67. The van der Waals surface area contributed by atoms with Gasteiger partial charge in [0.05, 0.1) is 0 Å².